The Kier molecular flexibility index (Phi) is 5.07. The summed E-state index contributed by atoms with van der Waals surface area (Å²) in [6.07, 6.45) is 0.904. The van der Waals surface area contributed by atoms with E-state index in [9.17, 15) is 8.78 Å². The van der Waals surface area contributed by atoms with Gasteiger partial charge in [-0.05, 0) is 25.5 Å². The monoisotopic (exact) mass is 284 g/mol. The van der Waals surface area contributed by atoms with E-state index in [2.05, 4.69) is 4.90 Å². The Hall–Kier alpha value is -1.04. The minimum absolute atomic E-state index is 0.0432. The minimum atomic E-state index is -0.533. The van der Waals surface area contributed by atoms with Gasteiger partial charge in [-0.3, -0.25) is 4.90 Å². The largest absolute Gasteiger partial charge is 0.376 e. The first kappa shape index (κ1) is 15.4. The number of rotatable bonds is 4. The molecule has 1 aromatic rings. The summed E-state index contributed by atoms with van der Waals surface area (Å²) >= 11 is 0. The van der Waals surface area contributed by atoms with Crippen molar-refractivity contribution >= 4 is 0 Å². The summed E-state index contributed by atoms with van der Waals surface area (Å²) in [6, 6.07) is 3.63. The number of halogens is 2. The van der Waals surface area contributed by atoms with Crippen LogP contribution in [0.25, 0.3) is 0 Å². The zero-order chi connectivity index (χ0) is 14.7. The van der Waals surface area contributed by atoms with Gasteiger partial charge in [-0.25, -0.2) is 8.78 Å². The van der Waals surface area contributed by atoms with E-state index < -0.39 is 17.7 Å². The van der Waals surface area contributed by atoms with Gasteiger partial charge in [0.1, 0.15) is 11.6 Å². The summed E-state index contributed by atoms with van der Waals surface area (Å²) in [5.41, 5.74) is 5.89. The number of nitrogens with zero attached hydrogens (tertiary/aromatic N) is 1. The molecule has 0 spiro atoms. The zero-order valence-electron chi connectivity index (χ0n) is 12.0. The Balaban J connectivity index is 2.35. The van der Waals surface area contributed by atoms with Crippen molar-refractivity contribution in [3.8, 4) is 0 Å². The van der Waals surface area contributed by atoms with Gasteiger partial charge in [-0.2, -0.15) is 0 Å². The molecule has 0 saturated carbocycles. The summed E-state index contributed by atoms with van der Waals surface area (Å²) in [5.74, 6) is -1.07. The molecule has 2 rings (SSSR count). The molecule has 1 heterocycles. The number of benzene rings is 1. The summed E-state index contributed by atoms with van der Waals surface area (Å²) < 4.78 is 33.7. The lowest BCUT2D eigenvalue weighted by Gasteiger charge is -2.43. The highest BCUT2D eigenvalue weighted by Crippen LogP contribution is 2.30. The summed E-state index contributed by atoms with van der Waals surface area (Å²) in [6.45, 7) is 5.39. The number of nitrogens with two attached hydrogens (primary N) is 1. The quantitative estimate of drug-likeness (QED) is 0.923. The Morgan fingerprint density at radius 3 is 2.60 bits per heavy atom. The van der Waals surface area contributed by atoms with Gasteiger partial charge in [0.25, 0.3) is 0 Å². The van der Waals surface area contributed by atoms with E-state index in [1.54, 1.807) is 0 Å². The van der Waals surface area contributed by atoms with Gasteiger partial charge < -0.3 is 10.5 Å². The van der Waals surface area contributed by atoms with Gasteiger partial charge in [-0.15, -0.1) is 0 Å². The van der Waals surface area contributed by atoms with E-state index in [1.165, 1.54) is 18.2 Å². The van der Waals surface area contributed by atoms with Crippen molar-refractivity contribution in [3.63, 3.8) is 0 Å². The van der Waals surface area contributed by atoms with Crippen LogP contribution in [0.15, 0.2) is 18.2 Å². The normalized spacial score (nSPS) is 25.6. The Labute approximate surface area is 118 Å². The van der Waals surface area contributed by atoms with Gasteiger partial charge >= 0.3 is 0 Å². The molecule has 0 aromatic heterocycles. The highest BCUT2D eigenvalue weighted by molar-refractivity contribution is 5.24. The molecule has 0 aliphatic carbocycles. The van der Waals surface area contributed by atoms with E-state index in [0.29, 0.717) is 13.2 Å². The highest BCUT2D eigenvalue weighted by Gasteiger charge is 2.33. The molecule has 5 heteroatoms. The van der Waals surface area contributed by atoms with Crippen molar-refractivity contribution in [1.82, 2.24) is 4.90 Å². The first-order valence-electron chi connectivity index (χ1n) is 7.09. The molecule has 1 saturated heterocycles. The van der Waals surface area contributed by atoms with Crippen LogP contribution in [-0.4, -0.2) is 36.7 Å². The van der Waals surface area contributed by atoms with Gasteiger partial charge in [-0.1, -0.05) is 13.0 Å². The topological polar surface area (TPSA) is 38.5 Å². The predicted octanol–water partition coefficient (Wildman–Crippen LogP) is 2.46. The van der Waals surface area contributed by atoms with Crippen molar-refractivity contribution in [3.05, 3.63) is 35.4 Å². The Morgan fingerprint density at radius 2 is 2.05 bits per heavy atom. The molecule has 3 atom stereocenters. The maximum atomic E-state index is 14.0. The summed E-state index contributed by atoms with van der Waals surface area (Å²) in [7, 11) is 0. The second-order valence-corrected chi connectivity index (χ2v) is 5.29. The summed E-state index contributed by atoms with van der Waals surface area (Å²) in [4.78, 5) is 2.08. The molecule has 3 nitrogen and oxygen atoms in total. The fourth-order valence-electron chi connectivity index (χ4n) is 2.85. The smallest absolute Gasteiger partial charge is 0.130 e. The molecule has 0 bridgehead atoms. The SMILES string of the molecule is CCC1COC(C)CN1C(CN)c1c(F)cccc1F. The van der Waals surface area contributed by atoms with Crippen LogP contribution in [0, 0.1) is 11.6 Å². The standard InChI is InChI=1S/C15H22F2N2O/c1-3-11-9-20-10(2)8-19(11)14(7-18)15-12(16)5-4-6-13(15)17/h4-6,10-11,14H,3,7-9,18H2,1-2H3. The van der Waals surface area contributed by atoms with Crippen LogP contribution in [0.1, 0.15) is 31.9 Å². The molecule has 112 valence electrons. The molecule has 1 aliphatic rings. The fraction of sp³-hybridized carbons (Fsp3) is 0.600. The average Bonchev–Trinajstić information content (AvgIpc) is 2.43. The maximum absolute atomic E-state index is 14.0. The van der Waals surface area contributed by atoms with E-state index in [0.717, 1.165) is 6.42 Å². The van der Waals surface area contributed by atoms with Crippen LogP contribution in [0.5, 0.6) is 0 Å². The lowest BCUT2D eigenvalue weighted by molar-refractivity contribution is -0.0728. The Bertz CT molecular complexity index is 435. The second kappa shape index (κ2) is 6.61. The molecular formula is C15H22F2N2O. The number of hydrogen-bond donors (Lipinski definition) is 1. The first-order chi connectivity index (χ1) is 9.58. The molecule has 0 amide bonds. The average molecular weight is 284 g/mol. The fourth-order valence-corrected chi connectivity index (χ4v) is 2.85. The molecule has 3 unspecified atom stereocenters. The molecular weight excluding hydrogens is 262 g/mol. The lowest BCUT2D eigenvalue weighted by Crippen LogP contribution is -2.51. The third-order valence-electron chi connectivity index (χ3n) is 3.94. The number of ether oxygens (including phenoxy) is 1. The summed E-state index contributed by atoms with van der Waals surface area (Å²) in [5, 5.41) is 0. The van der Waals surface area contributed by atoms with Crippen LogP contribution < -0.4 is 5.73 Å². The molecule has 2 N–H and O–H groups in total. The highest BCUT2D eigenvalue weighted by atomic mass is 19.1. The van der Waals surface area contributed by atoms with E-state index >= 15 is 0 Å². The van der Waals surface area contributed by atoms with Crippen molar-refractivity contribution < 1.29 is 13.5 Å². The van der Waals surface area contributed by atoms with Crippen LogP contribution in [0.2, 0.25) is 0 Å². The van der Waals surface area contributed by atoms with Crippen LogP contribution in [0.3, 0.4) is 0 Å². The second-order valence-electron chi connectivity index (χ2n) is 5.29. The molecule has 1 aromatic carbocycles. The van der Waals surface area contributed by atoms with Gasteiger partial charge in [0.15, 0.2) is 0 Å². The van der Waals surface area contributed by atoms with Crippen molar-refractivity contribution in [2.75, 3.05) is 19.7 Å². The molecule has 1 fully saturated rings. The van der Waals surface area contributed by atoms with Crippen molar-refractivity contribution in [2.24, 2.45) is 5.73 Å². The number of morpholine rings is 1. The third-order valence-corrected chi connectivity index (χ3v) is 3.94. The van der Waals surface area contributed by atoms with Crippen LogP contribution in [0.4, 0.5) is 8.78 Å². The molecule has 1 aliphatic heterocycles. The van der Waals surface area contributed by atoms with Gasteiger partial charge in [0, 0.05) is 24.7 Å². The van der Waals surface area contributed by atoms with Crippen molar-refractivity contribution in [2.45, 2.75) is 38.5 Å². The predicted molar refractivity (Wildman–Crippen MR) is 74.4 cm³/mol. The molecule has 20 heavy (non-hydrogen) atoms. The molecule has 0 radical (unpaired) electrons. The first-order valence-corrected chi connectivity index (χ1v) is 7.09. The number of hydrogen-bond acceptors (Lipinski definition) is 3. The van der Waals surface area contributed by atoms with E-state index in [1.807, 2.05) is 13.8 Å². The maximum Gasteiger partial charge on any atom is 0.130 e. The zero-order valence-corrected chi connectivity index (χ0v) is 12.0. The van der Waals surface area contributed by atoms with Gasteiger partial charge in [0.05, 0.1) is 18.8 Å². The minimum Gasteiger partial charge on any atom is -0.376 e. The van der Waals surface area contributed by atoms with Crippen LogP contribution in [-0.2, 0) is 4.74 Å². The van der Waals surface area contributed by atoms with Crippen LogP contribution >= 0.6 is 0 Å². The van der Waals surface area contributed by atoms with Crippen molar-refractivity contribution in [1.29, 1.82) is 0 Å². The van der Waals surface area contributed by atoms with E-state index in [-0.39, 0.29) is 24.3 Å². The third kappa shape index (κ3) is 3.00. The Morgan fingerprint density at radius 1 is 1.40 bits per heavy atom. The van der Waals surface area contributed by atoms with E-state index in [4.69, 9.17) is 10.5 Å². The van der Waals surface area contributed by atoms with Gasteiger partial charge in [0.2, 0.25) is 0 Å². The lowest BCUT2D eigenvalue weighted by atomic mass is 9.99.